The molecule has 11 heteroatoms. The van der Waals surface area contributed by atoms with Crippen molar-refractivity contribution in [1.82, 2.24) is 10.2 Å². The van der Waals surface area contributed by atoms with Gasteiger partial charge in [0, 0.05) is 24.0 Å². The van der Waals surface area contributed by atoms with Crippen molar-refractivity contribution >= 4 is 66.7 Å². The van der Waals surface area contributed by atoms with E-state index in [0.717, 1.165) is 16.1 Å². The first kappa shape index (κ1) is 31.9. The van der Waals surface area contributed by atoms with Crippen molar-refractivity contribution in [3.05, 3.63) is 98.4 Å². The Bertz CT molecular complexity index is 1440. The van der Waals surface area contributed by atoms with Crippen molar-refractivity contribution < 1.29 is 18.0 Å². The zero-order chi connectivity index (χ0) is 29.4. The number of nitrogens with one attached hydrogen (secondary N) is 1. The fraction of sp³-hybridized carbons (Fsp3) is 0.310. The van der Waals surface area contributed by atoms with Crippen LogP contribution in [0, 0.1) is 5.92 Å². The molecule has 1 N–H and O–H groups in total. The Morgan fingerprint density at radius 2 is 1.62 bits per heavy atom. The molecular formula is C29H32BrCl2N3O4S. The van der Waals surface area contributed by atoms with Crippen molar-refractivity contribution in [2.24, 2.45) is 5.92 Å². The summed E-state index contributed by atoms with van der Waals surface area (Å²) in [5, 5.41) is 3.61. The summed E-state index contributed by atoms with van der Waals surface area (Å²) in [5.74, 6) is -0.686. The standard InChI is InChI=1S/C29H32BrCl2N3O4S/c1-20(2)17-33-29(37)27(15-21-8-5-4-6-9-21)34(18-22-12-13-25(31)26(32)14-22)28(36)19-35(40(3,38)39)24-11-7-10-23(30)16-24/h4-14,16,20,27H,15,17-19H2,1-3H3,(H,33,37)/t27-/m1/s1. The minimum Gasteiger partial charge on any atom is -0.354 e. The molecule has 214 valence electrons. The third-order valence-electron chi connectivity index (χ3n) is 6.07. The summed E-state index contributed by atoms with van der Waals surface area (Å²) < 4.78 is 27.4. The summed E-state index contributed by atoms with van der Waals surface area (Å²) in [5.41, 5.74) is 1.82. The molecule has 0 bridgehead atoms. The second-order valence-corrected chi connectivity index (χ2v) is 13.5. The van der Waals surface area contributed by atoms with Crippen LogP contribution in [-0.4, -0.2) is 50.5 Å². The van der Waals surface area contributed by atoms with Crippen LogP contribution in [0.4, 0.5) is 5.69 Å². The Balaban J connectivity index is 2.06. The van der Waals surface area contributed by atoms with Gasteiger partial charge in [-0.15, -0.1) is 0 Å². The lowest BCUT2D eigenvalue weighted by Gasteiger charge is -2.33. The number of carbonyl (C=O) groups is 2. The Labute approximate surface area is 254 Å². The molecule has 0 aliphatic rings. The average molecular weight is 669 g/mol. The molecular weight excluding hydrogens is 637 g/mol. The average Bonchev–Trinajstić information content (AvgIpc) is 2.89. The molecule has 3 aromatic rings. The predicted molar refractivity (Wildman–Crippen MR) is 165 cm³/mol. The van der Waals surface area contributed by atoms with Gasteiger partial charge in [0.1, 0.15) is 12.6 Å². The summed E-state index contributed by atoms with van der Waals surface area (Å²) in [7, 11) is -3.85. The van der Waals surface area contributed by atoms with E-state index in [9.17, 15) is 18.0 Å². The summed E-state index contributed by atoms with van der Waals surface area (Å²) in [6.45, 7) is 3.89. The van der Waals surface area contributed by atoms with Crippen LogP contribution in [0.1, 0.15) is 25.0 Å². The van der Waals surface area contributed by atoms with Gasteiger partial charge in [-0.2, -0.15) is 0 Å². The van der Waals surface area contributed by atoms with Crippen LogP contribution >= 0.6 is 39.1 Å². The second-order valence-electron chi connectivity index (χ2n) is 9.86. The molecule has 1 atom stereocenters. The Kier molecular flexibility index (Phi) is 11.5. The van der Waals surface area contributed by atoms with E-state index in [-0.39, 0.29) is 24.8 Å². The van der Waals surface area contributed by atoms with Gasteiger partial charge >= 0.3 is 0 Å². The van der Waals surface area contributed by atoms with Gasteiger partial charge in [-0.25, -0.2) is 8.42 Å². The molecule has 0 aliphatic heterocycles. The van der Waals surface area contributed by atoms with Gasteiger partial charge in [-0.3, -0.25) is 13.9 Å². The predicted octanol–water partition coefficient (Wildman–Crippen LogP) is 5.93. The zero-order valence-corrected chi connectivity index (χ0v) is 26.4. The molecule has 3 aromatic carbocycles. The number of nitrogens with zero attached hydrogens (tertiary/aromatic N) is 2. The molecule has 0 radical (unpaired) electrons. The molecule has 40 heavy (non-hydrogen) atoms. The highest BCUT2D eigenvalue weighted by Gasteiger charge is 2.33. The van der Waals surface area contributed by atoms with Crippen LogP contribution in [-0.2, 0) is 32.6 Å². The number of carbonyl (C=O) groups excluding carboxylic acids is 2. The number of amides is 2. The van der Waals surface area contributed by atoms with Gasteiger partial charge in [0.15, 0.2) is 0 Å². The molecule has 2 amide bonds. The molecule has 0 heterocycles. The Hall–Kier alpha value is -2.59. The van der Waals surface area contributed by atoms with E-state index in [2.05, 4.69) is 21.2 Å². The maximum atomic E-state index is 14.1. The fourth-order valence-electron chi connectivity index (χ4n) is 4.06. The van der Waals surface area contributed by atoms with Crippen molar-refractivity contribution in [3.8, 4) is 0 Å². The van der Waals surface area contributed by atoms with Crippen LogP contribution in [0.15, 0.2) is 77.3 Å². The number of halogens is 3. The van der Waals surface area contributed by atoms with Crippen LogP contribution in [0.2, 0.25) is 10.0 Å². The molecule has 0 spiro atoms. The minimum absolute atomic E-state index is 0.0123. The fourth-order valence-corrected chi connectivity index (χ4v) is 5.61. The van der Waals surface area contributed by atoms with Crippen LogP contribution < -0.4 is 9.62 Å². The second kappa shape index (κ2) is 14.3. The highest BCUT2D eigenvalue weighted by molar-refractivity contribution is 9.10. The minimum atomic E-state index is -3.85. The Morgan fingerprint density at radius 1 is 0.925 bits per heavy atom. The van der Waals surface area contributed by atoms with Crippen LogP contribution in [0.5, 0.6) is 0 Å². The van der Waals surface area contributed by atoms with Crippen LogP contribution in [0.25, 0.3) is 0 Å². The Morgan fingerprint density at radius 3 is 2.23 bits per heavy atom. The van der Waals surface area contributed by atoms with Gasteiger partial charge in [0.25, 0.3) is 0 Å². The molecule has 0 saturated heterocycles. The van der Waals surface area contributed by atoms with Crippen LogP contribution in [0.3, 0.4) is 0 Å². The van der Waals surface area contributed by atoms with Gasteiger partial charge < -0.3 is 10.2 Å². The number of hydrogen-bond acceptors (Lipinski definition) is 4. The van der Waals surface area contributed by atoms with E-state index < -0.39 is 28.5 Å². The normalized spacial score (nSPS) is 12.2. The first-order valence-electron chi connectivity index (χ1n) is 12.6. The van der Waals surface area contributed by atoms with Crippen molar-refractivity contribution in [3.63, 3.8) is 0 Å². The maximum Gasteiger partial charge on any atom is 0.244 e. The van der Waals surface area contributed by atoms with Gasteiger partial charge in [-0.05, 0) is 47.4 Å². The van der Waals surface area contributed by atoms with Gasteiger partial charge in [0.2, 0.25) is 21.8 Å². The number of hydrogen-bond donors (Lipinski definition) is 1. The van der Waals surface area contributed by atoms with Crippen molar-refractivity contribution in [2.45, 2.75) is 32.9 Å². The van der Waals surface area contributed by atoms with E-state index in [4.69, 9.17) is 23.2 Å². The largest absolute Gasteiger partial charge is 0.354 e. The smallest absolute Gasteiger partial charge is 0.244 e. The third kappa shape index (κ3) is 9.23. The number of sulfonamides is 1. The van der Waals surface area contributed by atoms with Crippen molar-refractivity contribution in [1.29, 1.82) is 0 Å². The SMILES string of the molecule is CC(C)CNC(=O)[C@@H](Cc1ccccc1)N(Cc1ccc(Cl)c(Cl)c1)C(=O)CN(c1cccc(Br)c1)S(C)(=O)=O. The summed E-state index contributed by atoms with van der Waals surface area (Å²) >= 11 is 15.7. The number of anilines is 1. The van der Waals surface area contributed by atoms with E-state index in [1.165, 1.54) is 4.90 Å². The molecule has 0 fully saturated rings. The van der Waals surface area contributed by atoms with E-state index in [1.54, 1.807) is 42.5 Å². The maximum absolute atomic E-state index is 14.1. The topological polar surface area (TPSA) is 86.8 Å². The highest BCUT2D eigenvalue weighted by atomic mass is 79.9. The summed E-state index contributed by atoms with van der Waals surface area (Å²) in [6.07, 6.45) is 1.27. The first-order chi connectivity index (χ1) is 18.8. The van der Waals surface area contributed by atoms with Gasteiger partial charge in [-0.1, -0.05) is 95.4 Å². The van der Waals surface area contributed by atoms with E-state index in [1.807, 2.05) is 44.2 Å². The molecule has 0 unspecified atom stereocenters. The molecule has 0 aliphatic carbocycles. The zero-order valence-electron chi connectivity index (χ0n) is 22.5. The summed E-state index contributed by atoms with van der Waals surface area (Å²) in [4.78, 5) is 29.1. The first-order valence-corrected chi connectivity index (χ1v) is 16.0. The lowest BCUT2D eigenvalue weighted by molar-refractivity contribution is -0.140. The third-order valence-corrected chi connectivity index (χ3v) is 8.44. The quantitative estimate of drug-likeness (QED) is 0.259. The lowest BCUT2D eigenvalue weighted by atomic mass is 10.0. The van der Waals surface area contributed by atoms with E-state index >= 15 is 0 Å². The summed E-state index contributed by atoms with van der Waals surface area (Å²) in [6, 6.07) is 20.1. The molecule has 0 aromatic heterocycles. The van der Waals surface area contributed by atoms with E-state index in [0.29, 0.717) is 32.3 Å². The van der Waals surface area contributed by atoms with Crippen molar-refractivity contribution in [2.75, 3.05) is 23.7 Å². The highest BCUT2D eigenvalue weighted by Crippen LogP contribution is 2.26. The van der Waals surface area contributed by atoms with Gasteiger partial charge in [0.05, 0.1) is 22.0 Å². The molecule has 0 saturated carbocycles. The molecule has 3 rings (SSSR count). The number of benzene rings is 3. The number of rotatable bonds is 12. The lowest BCUT2D eigenvalue weighted by Crippen LogP contribution is -2.53. The monoisotopic (exact) mass is 667 g/mol. The molecule has 7 nitrogen and oxygen atoms in total.